The van der Waals surface area contributed by atoms with Crippen LogP contribution in [0.5, 0.6) is 17.2 Å². The van der Waals surface area contributed by atoms with E-state index in [1.54, 1.807) is 38.5 Å². The van der Waals surface area contributed by atoms with Crippen molar-refractivity contribution in [2.45, 2.75) is 19.4 Å². The van der Waals surface area contributed by atoms with Crippen LogP contribution in [-0.2, 0) is 11.3 Å². The van der Waals surface area contributed by atoms with E-state index in [9.17, 15) is 9.59 Å². The number of carbonyl (C=O) groups is 1. The zero-order valence-corrected chi connectivity index (χ0v) is 17.8. The van der Waals surface area contributed by atoms with Crippen molar-refractivity contribution in [3.63, 3.8) is 0 Å². The number of aromatic nitrogens is 2. The highest BCUT2D eigenvalue weighted by Crippen LogP contribution is 2.29. The highest BCUT2D eigenvalue weighted by atomic mass is 16.5. The Morgan fingerprint density at radius 3 is 2.48 bits per heavy atom. The summed E-state index contributed by atoms with van der Waals surface area (Å²) in [5.41, 5.74) is 1.84. The first-order chi connectivity index (χ1) is 15.0. The van der Waals surface area contributed by atoms with Crippen molar-refractivity contribution in [2.75, 3.05) is 26.6 Å². The van der Waals surface area contributed by atoms with E-state index in [1.807, 2.05) is 24.3 Å². The minimum atomic E-state index is -0.219. The standard InChI is InChI=1S/C23H25N3O5/c1-29-17-7-4-6-16(14-17)19-11-12-23(28)26(25-19)13-5-8-22(27)24-20-10-9-18(30-2)15-21(20)31-3/h4,6-7,9-12,14-15H,5,8,13H2,1-3H3,(H,24,27). The van der Waals surface area contributed by atoms with Crippen LogP contribution in [0.25, 0.3) is 11.3 Å². The molecule has 3 rings (SSSR count). The summed E-state index contributed by atoms with van der Waals surface area (Å²) in [5, 5.41) is 7.25. The average Bonchev–Trinajstić information content (AvgIpc) is 2.80. The van der Waals surface area contributed by atoms with Crippen molar-refractivity contribution in [3.05, 3.63) is 65.0 Å². The van der Waals surface area contributed by atoms with Gasteiger partial charge in [-0.05, 0) is 36.8 Å². The topological polar surface area (TPSA) is 91.7 Å². The van der Waals surface area contributed by atoms with E-state index in [0.29, 0.717) is 41.6 Å². The highest BCUT2D eigenvalue weighted by Gasteiger charge is 2.10. The normalized spacial score (nSPS) is 10.4. The SMILES string of the molecule is COc1cccc(-c2ccc(=O)n(CCCC(=O)Nc3ccc(OC)cc3OC)n2)c1. The fourth-order valence-corrected chi connectivity index (χ4v) is 3.05. The summed E-state index contributed by atoms with van der Waals surface area (Å²) in [5.74, 6) is 1.68. The summed E-state index contributed by atoms with van der Waals surface area (Å²) < 4.78 is 17.1. The predicted octanol–water partition coefficient (Wildman–Crippen LogP) is 3.36. The molecule has 31 heavy (non-hydrogen) atoms. The third-order valence-electron chi connectivity index (χ3n) is 4.69. The Hall–Kier alpha value is -3.81. The van der Waals surface area contributed by atoms with Crippen LogP contribution in [0.1, 0.15) is 12.8 Å². The molecule has 0 saturated heterocycles. The van der Waals surface area contributed by atoms with Crippen LogP contribution in [0.15, 0.2) is 59.4 Å². The molecule has 1 aromatic heterocycles. The number of ether oxygens (including phenoxy) is 3. The molecule has 1 amide bonds. The van der Waals surface area contributed by atoms with Crippen LogP contribution < -0.4 is 25.1 Å². The molecule has 0 aliphatic heterocycles. The van der Waals surface area contributed by atoms with Gasteiger partial charge in [0.1, 0.15) is 17.2 Å². The van der Waals surface area contributed by atoms with Crippen LogP contribution in [0.4, 0.5) is 5.69 Å². The van der Waals surface area contributed by atoms with Crippen LogP contribution in [0, 0.1) is 0 Å². The molecule has 0 aliphatic carbocycles. The van der Waals surface area contributed by atoms with Crippen molar-refractivity contribution in [1.29, 1.82) is 0 Å². The number of rotatable bonds is 9. The Balaban J connectivity index is 1.62. The van der Waals surface area contributed by atoms with Gasteiger partial charge in [0.05, 0.1) is 32.7 Å². The van der Waals surface area contributed by atoms with Crippen molar-refractivity contribution in [1.82, 2.24) is 9.78 Å². The lowest BCUT2D eigenvalue weighted by Gasteiger charge is -2.12. The molecule has 8 heteroatoms. The van der Waals surface area contributed by atoms with Crippen LogP contribution in [0.2, 0.25) is 0 Å². The number of nitrogens with zero attached hydrogens (tertiary/aromatic N) is 2. The van der Waals surface area contributed by atoms with Gasteiger partial charge in [0, 0.05) is 30.7 Å². The lowest BCUT2D eigenvalue weighted by molar-refractivity contribution is -0.116. The van der Waals surface area contributed by atoms with Gasteiger partial charge < -0.3 is 19.5 Å². The Bertz CT molecular complexity index is 1110. The quantitative estimate of drug-likeness (QED) is 0.568. The van der Waals surface area contributed by atoms with Gasteiger partial charge in [-0.25, -0.2) is 4.68 Å². The third kappa shape index (κ3) is 5.63. The number of anilines is 1. The number of methoxy groups -OCH3 is 3. The van der Waals surface area contributed by atoms with Gasteiger partial charge in [-0.15, -0.1) is 0 Å². The number of aryl methyl sites for hydroxylation is 1. The Morgan fingerprint density at radius 2 is 1.74 bits per heavy atom. The molecule has 0 radical (unpaired) electrons. The second-order valence-electron chi connectivity index (χ2n) is 6.73. The Labute approximate surface area is 180 Å². The molecule has 0 unspecified atom stereocenters. The zero-order chi connectivity index (χ0) is 22.2. The third-order valence-corrected chi connectivity index (χ3v) is 4.69. The smallest absolute Gasteiger partial charge is 0.266 e. The number of hydrogen-bond donors (Lipinski definition) is 1. The second kappa shape index (κ2) is 10.3. The van der Waals surface area contributed by atoms with Gasteiger partial charge in [-0.2, -0.15) is 5.10 Å². The second-order valence-corrected chi connectivity index (χ2v) is 6.73. The minimum absolute atomic E-state index is 0.180. The Morgan fingerprint density at radius 1 is 0.968 bits per heavy atom. The first-order valence-electron chi connectivity index (χ1n) is 9.78. The molecular formula is C23H25N3O5. The maximum atomic E-state index is 12.3. The molecule has 2 aromatic carbocycles. The van der Waals surface area contributed by atoms with E-state index >= 15 is 0 Å². The molecule has 1 N–H and O–H groups in total. The summed E-state index contributed by atoms with van der Waals surface area (Å²) in [6, 6.07) is 15.8. The van der Waals surface area contributed by atoms with Crippen molar-refractivity contribution in [2.24, 2.45) is 0 Å². The average molecular weight is 423 g/mol. The molecule has 0 bridgehead atoms. The molecule has 0 fully saturated rings. The molecule has 0 atom stereocenters. The van der Waals surface area contributed by atoms with Crippen LogP contribution >= 0.6 is 0 Å². The number of amides is 1. The molecule has 0 aliphatic rings. The van der Waals surface area contributed by atoms with Gasteiger partial charge in [-0.1, -0.05) is 12.1 Å². The maximum Gasteiger partial charge on any atom is 0.266 e. The van der Waals surface area contributed by atoms with E-state index < -0.39 is 0 Å². The molecule has 162 valence electrons. The molecule has 0 saturated carbocycles. The van der Waals surface area contributed by atoms with Crippen LogP contribution in [0.3, 0.4) is 0 Å². The van der Waals surface area contributed by atoms with E-state index in [0.717, 1.165) is 5.56 Å². The maximum absolute atomic E-state index is 12.3. The first-order valence-corrected chi connectivity index (χ1v) is 9.78. The van der Waals surface area contributed by atoms with Crippen LogP contribution in [-0.4, -0.2) is 37.0 Å². The summed E-state index contributed by atoms with van der Waals surface area (Å²) in [7, 11) is 4.68. The minimum Gasteiger partial charge on any atom is -0.497 e. The zero-order valence-electron chi connectivity index (χ0n) is 17.8. The largest absolute Gasteiger partial charge is 0.497 e. The van der Waals surface area contributed by atoms with E-state index in [-0.39, 0.29) is 17.9 Å². The van der Waals surface area contributed by atoms with Crippen molar-refractivity contribution >= 4 is 11.6 Å². The predicted molar refractivity (Wildman–Crippen MR) is 118 cm³/mol. The fraction of sp³-hybridized carbons (Fsp3) is 0.261. The molecule has 3 aromatic rings. The van der Waals surface area contributed by atoms with Gasteiger partial charge in [0.25, 0.3) is 5.56 Å². The summed E-state index contributed by atoms with van der Waals surface area (Å²) in [4.78, 5) is 24.5. The Kier molecular flexibility index (Phi) is 7.26. The van der Waals surface area contributed by atoms with E-state index in [2.05, 4.69) is 10.4 Å². The summed E-state index contributed by atoms with van der Waals surface area (Å²) in [6.07, 6.45) is 0.686. The highest BCUT2D eigenvalue weighted by molar-refractivity contribution is 5.92. The summed E-state index contributed by atoms with van der Waals surface area (Å²) in [6.45, 7) is 0.323. The monoisotopic (exact) mass is 423 g/mol. The lowest BCUT2D eigenvalue weighted by Crippen LogP contribution is -2.23. The fourth-order valence-electron chi connectivity index (χ4n) is 3.05. The number of hydrogen-bond acceptors (Lipinski definition) is 6. The lowest BCUT2D eigenvalue weighted by atomic mass is 10.1. The molecule has 8 nitrogen and oxygen atoms in total. The van der Waals surface area contributed by atoms with Gasteiger partial charge >= 0.3 is 0 Å². The molecular weight excluding hydrogens is 398 g/mol. The van der Waals surface area contributed by atoms with Gasteiger partial charge in [0.15, 0.2) is 0 Å². The molecule has 0 spiro atoms. The number of nitrogens with one attached hydrogen (secondary N) is 1. The number of benzene rings is 2. The molecule has 1 heterocycles. The first kappa shape index (κ1) is 21.9. The van der Waals surface area contributed by atoms with Gasteiger partial charge in [-0.3, -0.25) is 9.59 Å². The van der Waals surface area contributed by atoms with Crippen molar-refractivity contribution in [3.8, 4) is 28.5 Å². The summed E-state index contributed by atoms with van der Waals surface area (Å²) >= 11 is 0. The van der Waals surface area contributed by atoms with E-state index in [4.69, 9.17) is 14.2 Å². The van der Waals surface area contributed by atoms with Gasteiger partial charge in [0.2, 0.25) is 5.91 Å². The van der Waals surface area contributed by atoms with E-state index in [1.165, 1.54) is 17.9 Å². The number of carbonyl (C=O) groups excluding carboxylic acids is 1. The van der Waals surface area contributed by atoms with Crippen molar-refractivity contribution < 1.29 is 19.0 Å².